The summed E-state index contributed by atoms with van der Waals surface area (Å²) in [5, 5.41) is 10.2. The van der Waals surface area contributed by atoms with E-state index in [0.717, 1.165) is 54.4 Å². The van der Waals surface area contributed by atoms with Crippen molar-refractivity contribution in [3.63, 3.8) is 0 Å². The zero-order chi connectivity index (χ0) is 24.9. The Morgan fingerprint density at radius 3 is 1.85 bits per heavy atom. The van der Waals surface area contributed by atoms with Crippen LogP contribution in [0.5, 0.6) is 0 Å². The molecule has 0 bridgehead atoms. The Hall–Kier alpha value is -1.54. The monoisotopic (exact) mass is 476 g/mol. The number of benzene rings is 1. The van der Waals surface area contributed by atoms with Gasteiger partial charge in [0.05, 0.1) is 5.92 Å². The summed E-state index contributed by atoms with van der Waals surface area (Å²) in [5.74, 6) is -1.25. The SMILES string of the molecule is CCCCCCCCCCC(C(=O)O)C1(C(=O)c2c(C)cc(C)cc2C)CCCCC1.O=P. The molecule has 0 spiro atoms. The predicted octanol–water partition coefficient (Wildman–Crippen LogP) is 8.45. The van der Waals surface area contributed by atoms with Gasteiger partial charge in [-0.15, -0.1) is 0 Å². The first-order valence-electron chi connectivity index (χ1n) is 12.9. The van der Waals surface area contributed by atoms with E-state index in [1.165, 1.54) is 38.5 Å². The van der Waals surface area contributed by atoms with Crippen molar-refractivity contribution in [2.24, 2.45) is 11.3 Å². The molecule has 1 fully saturated rings. The Morgan fingerprint density at radius 2 is 1.36 bits per heavy atom. The van der Waals surface area contributed by atoms with Crippen molar-refractivity contribution >= 4 is 20.9 Å². The first-order chi connectivity index (χ1) is 15.8. The average molecular weight is 477 g/mol. The fourth-order valence-electron chi connectivity index (χ4n) is 5.82. The molecule has 0 aromatic heterocycles. The van der Waals surface area contributed by atoms with Gasteiger partial charge in [-0.2, -0.15) is 0 Å². The van der Waals surface area contributed by atoms with Crippen molar-refractivity contribution in [3.8, 4) is 0 Å². The minimum absolute atomic E-state index is 0.0918. The first-order valence-corrected chi connectivity index (χ1v) is 13.3. The second-order valence-corrected chi connectivity index (χ2v) is 9.97. The van der Waals surface area contributed by atoms with Gasteiger partial charge in [-0.3, -0.25) is 14.2 Å². The van der Waals surface area contributed by atoms with E-state index in [-0.39, 0.29) is 5.78 Å². The molecular weight excluding hydrogens is 431 g/mol. The molecule has 1 unspecified atom stereocenters. The van der Waals surface area contributed by atoms with Crippen LogP contribution in [0.4, 0.5) is 0 Å². The van der Waals surface area contributed by atoms with E-state index in [2.05, 4.69) is 19.1 Å². The van der Waals surface area contributed by atoms with Crippen LogP contribution in [0.15, 0.2) is 12.1 Å². The van der Waals surface area contributed by atoms with Crippen LogP contribution in [0.3, 0.4) is 0 Å². The highest BCUT2D eigenvalue weighted by molar-refractivity contribution is 7.00. The third kappa shape index (κ3) is 8.32. The Morgan fingerprint density at radius 1 is 0.879 bits per heavy atom. The predicted molar refractivity (Wildman–Crippen MR) is 138 cm³/mol. The number of unbranched alkanes of at least 4 members (excludes halogenated alkanes) is 7. The molecule has 4 nitrogen and oxygen atoms in total. The Kier molecular flexibility index (Phi) is 13.7. The van der Waals surface area contributed by atoms with Crippen LogP contribution >= 0.6 is 9.12 Å². The van der Waals surface area contributed by atoms with Crippen LogP contribution < -0.4 is 0 Å². The van der Waals surface area contributed by atoms with E-state index in [0.29, 0.717) is 19.3 Å². The molecule has 33 heavy (non-hydrogen) atoms. The van der Waals surface area contributed by atoms with Gasteiger partial charge in [-0.25, -0.2) is 0 Å². The van der Waals surface area contributed by atoms with E-state index in [1.54, 1.807) is 9.12 Å². The number of Topliss-reactive ketones (excluding diaryl/α,β-unsaturated/α-hetero) is 1. The van der Waals surface area contributed by atoms with E-state index < -0.39 is 17.3 Å². The topological polar surface area (TPSA) is 71.4 Å². The summed E-state index contributed by atoms with van der Waals surface area (Å²) in [6.07, 6.45) is 14.6. The molecule has 1 aromatic carbocycles. The highest BCUT2D eigenvalue weighted by atomic mass is 31.0. The number of aryl methyl sites for hydroxylation is 3. The number of ketones is 1. The van der Waals surface area contributed by atoms with E-state index in [4.69, 9.17) is 4.57 Å². The van der Waals surface area contributed by atoms with Crippen molar-refractivity contribution in [1.29, 1.82) is 0 Å². The summed E-state index contributed by atoms with van der Waals surface area (Å²) < 4.78 is 8.06. The highest BCUT2D eigenvalue weighted by Gasteiger charge is 2.49. The van der Waals surface area contributed by atoms with Gasteiger partial charge in [0.1, 0.15) is 9.12 Å². The minimum atomic E-state index is -0.777. The smallest absolute Gasteiger partial charge is 0.307 e. The number of hydrogen-bond donors (Lipinski definition) is 1. The minimum Gasteiger partial charge on any atom is -0.481 e. The molecule has 2 rings (SSSR count). The van der Waals surface area contributed by atoms with E-state index in [9.17, 15) is 14.7 Å². The normalized spacial score (nSPS) is 15.9. The maximum atomic E-state index is 14.0. The number of hydrogen-bond acceptors (Lipinski definition) is 3. The summed E-state index contributed by atoms with van der Waals surface area (Å²) in [6, 6.07) is 4.12. The summed E-state index contributed by atoms with van der Waals surface area (Å²) in [4.78, 5) is 26.4. The Balaban J connectivity index is 0.00000265. The van der Waals surface area contributed by atoms with Gasteiger partial charge >= 0.3 is 5.97 Å². The number of carbonyl (C=O) groups excluding carboxylic acids is 1. The lowest BCUT2D eigenvalue weighted by atomic mass is 9.60. The Labute approximate surface area is 203 Å². The van der Waals surface area contributed by atoms with E-state index >= 15 is 0 Å². The van der Waals surface area contributed by atoms with Gasteiger partial charge in [0.2, 0.25) is 0 Å². The summed E-state index contributed by atoms with van der Waals surface area (Å²) >= 11 is 0. The first kappa shape index (κ1) is 29.5. The molecule has 1 aromatic rings. The number of aliphatic carboxylic acids is 1. The van der Waals surface area contributed by atoms with Crippen molar-refractivity contribution in [2.75, 3.05) is 0 Å². The van der Waals surface area contributed by atoms with Crippen molar-refractivity contribution in [1.82, 2.24) is 0 Å². The summed E-state index contributed by atoms with van der Waals surface area (Å²) in [6.45, 7) is 8.27. The lowest BCUT2D eigenvalue weighted by molar-refractivity contribution is -0.146. The maximum Gasteiger partial charge on any atom is 0.307 e. The van der Waals surface area contributed by atoms with Crippen LogP contribution in [0.25, 0.3) is 0 Å². The quantitative estimate of drug-likeness (QED) is 0.176. The van der Waals surface area contributed by atoms with Gasteiger partial charge < -0.3 is 5.11 Å². The van der Waals surface area contributed by atoms with Crippen LogP contribution in [0.1, 0.15) is 124 Å². The molecule has 1 aliphatic carbocycles. The second kappa shape index (κ2) is 15.4. The molecule has 186 valence electrons. The van der Waals surface area contributed by atoms with Crippen LogP contribution in [0, 0.1) is 32.1 Å². The third-order valence-corrected chi connectivity index (χ3v) is 7.41. The molecule has 0 saturated heterocycles. The molecule has 1 N–H and O–H groups in total. The number of rotatable bonds is 13. The van der Waals surface area contributed by atoms with Gasteiger partial charge in [0.25, 0.3) is 0 Å². The zero-order valence-corrected chi connectivity index (χ0v) is 22.3. The van der Waals surface area contributed by atoms with Gasteiger partial charge in [-0.1, -0.05) is 95.2 Å². The van der Waals surface area contributed by atoms with Gasteiger partial charge in [0, 0.05) is 11.0 Å². The fraction of sp³-hybridized carbons (Fsp3) is 0.714. The molecule has 0 heterocycles. The van der Waals surface area contributed by atoms with Crippen molar-refractivity contribution < 1.29 is 19.3 Å². The highest BCUT2D eigenvalue weighted by Crippen LogP contribution is 2.48. The molecule has 0 aliphatic heterocycles. The molecule has 1 atom stereocenters. The van der Waals surface area contributed by atoms with Gasteiger partial charge in [0.15, 0.2) is 5.78 Å². The third-order valence-electron chi connectivity index (χ3n) is 7.41. The van der Waals surface area contributed by atoms with Gasteiger partial charge in [-0.05, 0) is 51.2 Å². The molecule has 5 heteroatoms. The Bertz CT molecular complexity index is 729. The van der Waals surface area contributed by atoms with Crippen LogP contribution in [-0.2, 0) is 9.36 Å². The zero-order valence-electron chi connectivity index (χ0n) is 21.3. The standard InChI is InChI=1S/C28H44O3.HOP/c1-5-6-7-8-9-10-11-13-16-24(27(30)31)28(17-14-12-15-18-28)26(29)25-22(3)19-21(2)20-23(25)4;1-2/h19-20,24H,5-18H2,1-4H3,(H,30,31);2H. The lowest BCUT2D eigenvalue weighted by Crippen LogP contribution is -2.44. The van der Waals surface area contributed by atoms with Crippen molar-refractivity contribution in [3.05, 3.63) is 34.4 Å². The van der Waals surface area contributed by atoms with Crippen LogP contribution in [-0.4, -0.2) is 16.9 Å². The largest absolute Gasteiger partial charge is 0.481 e. The van der Waals surface area contributed by atoms with E-state index in [1.807, 2.05) is 20.8 Å². The average Bonchev–Trinajstić information content (AvgIpc) is 2.79. The fourth-order valence-corrected chi connectivity index (χ4v) is 5.82. The molecular formula is C28H45O4P. The number of carbonyl (C=O) groups is 2. The summed E-state index contributed by atoms with van der Waals surface area (Å²) in [7, 11) is 1.72. The van der Waals surface area contributed by atoms with Crippen LogP contribution in [0.2, 0.25) is 0 Å². The summed E-state index contributed by atoms with van der Waals surface area (Å²) in [5.41, 5.74) is 3.16. The number of carboxylic acids is 1. The number of carboxylic acid groups (broad SMARTS) is 1. The molecule has 1 saturated carbocycles. The molecule has 1 aliphatic rings. The maximum absolute atomic E-state index is 14.0. The molecule has 0 amide bonds. The lowest BCUT2D eigenvalue weighted by Gasteiger charge is -2.41. The van der Waals surface area contributed by atoms with Crippen molar-refractivity contribution in [2.45, 2.75) is 118 Å². The second-order valence-electron chi connectivity index (χ2n) is 9.97. The molecule has 0 radical (unpaired) electrons.